The lowest BCUT2D eigenvalue weighted by molar-refractivity contribution is -0.384. The minimum absolute atomic E-state index is 0.129. The third-order valence-electron chi connectivity index (χ3n) is 3.15. The SMILES string of the molecule is CN(C)/C=C(\OC(=O)c1ccccc1)C(=O)c1ccc([N+](=O)[O-])cc1. The number of ether oxygens (including phenoxy) is 1. The molecule has 0 N–H and O–H groups in total. The summed E-state index contributed by atoms with van der Waals surface area (Å²) in [6.07, 6.45) is 1.38. The monoisotopic (exact) mass is 340 g/mol. The number of carbonyl (C=O) groups excluding carboxylic acids is 2. The number of hydrogen-bond acceptors (Lipinski definition) is 6. The van der Waals surface area contributed by atoms with Gasteiger partial charge in [-0.15, -0.1) is 0 Å². The Bertz CT molecular complexity index is 811. The Morgan fingerprint density at radius 1 is 1.00 bits per heavy atom. The smallest absolute Gasteiger partial charge is 0.343 e. The molecule has 0 aliphatic carbocycles. The number of nitro groups is 1. The van der Waals surface area contributed by atoms with E-state index in [2.05, 4.69) is 0 Å². The highest BCUT2D eigenvalue weighted by molar-refractivity contribution is 6.09. The number of nitro benzene ring substituents is 1. The number of ketones is 1. The van der Waals surface area contributed by atoms with Gasteiger partial charge in [-0.25, -0.2) is 4.79 Å². The Morgan fingerprint density at radius 3 is 2.12 bits per heavy atom. The van der Waals surface area contributed by atoms with Gasteiger partial charge in [0.05, 0.1) is 10.5 Å². The molecule has 0 saturated heterocycles. The normalized spacial score (nSPS) is 10.9. The molecular weight excluding hydrogens is 324 g/mol. The molecule has 0 heterocycles. The first-order valence-electron chi connectivity index (χ1n) is 7.33. The van der Waals surface area contributed by atoms with Crippen LogP contribution in [0.25, 0.3) is 0 Å². The van der Waals surface area contributed by atoms with Crippen molar-refractivity contribution in [3.05, 3.63) is 87.8 Å². The molecule has 7 nitrogen and oxygen atoms in total. The van der Waals surface area contributed by atoms with E-state index in [0.29, 0.717) is 5.56 Å². The van der Waals surface area contributed by atoms with Gasteiger partial charge in [0.1, 0.15) is 0 Å². The molecule has 25 heavy (non-hydrogen) atoms. The van der Waals surface area contributed by atoms with Crippen LogP contribution in [0.1, 0.15) is 20.7 Å². The van der Waals surface area contributed by atoms with E-state index in [0.717, 1.165) is 0 Å². The van der Waals surface area contributed by atoms with E-state index in [1.54, 1.807) is 49.3 Å². The average molecular weight is 340 g/mol. The van der Waals surface area contributed by atoms with Crippen LogP contribution in [0.2, 0.25) is 0 Å². The van der Waals surface area contributed by atoms with Crippen molar-refractivity contribution < 1.29 is 19.2 Å². The predicted molar refractivity (Wildman–Crippen MR) is 91.1 cm³/mol. The second-order valence-electron chi connectivity index (χ2n) is 5.35. The van der Waals surface area contributed by atoms with Gasteiger partial charge < -0.3 is 9.64 Å². The van der Waals surface area contributed by atoms with Gasteiger partial charge in [-0.1, -0.05) is 18.2 Å². The fraction of sp³-hybridized carbons (Fsp3) is 0.111. The van der Waals surface area contributed by atoms with Crippen LogP contribution in [0, 0.1) is 10.1 Å². The number of allylic oxidation sites excluding steroid dienone is 1. The fourth-order valence-electron chi connectivity index (χ4n) is 1.98. The number of hydrogen-bond donors (Lipinski definition) is 0. The molecule has 0 aromatic heterocycles. The summed E-state index contributed by atoms with van der Waals surface area (Å²) in [5, 5.41) is 10.7. The van der Waals surface area contributed by atoms with Crippen LogP contribution in [0.3, 0.4) is 0 Å². The molecule has 0 amide bonds. The summed E-state index contributed by atoms with van der Waals surface area (Å²) in [5.74, 6) is -1.38. The van der Waals surface area contributed by atoms with Gasteiger partial charge in [0.15, 0.2) is 5.76 Å². The van der Waals surface area contributed by atoms with Crippen molar-refractivity contribution in [2.45, 2.75) is 0 Å². The van der Waals surface area contributed by atoms with E-state index in [9.17, 15) is 19.7 Å². The first-order chi connectivity index (χ1) is 11.9. The highest BCUT2D eigenvalue weighted by Crippen LogP contribution is 2.17. The quantitative estimate of drug-likeness (QED) is 0.200. The largest absolute Gasteiger partial charge is 0.417 e. The second-order valence-corrected chi connectivity index (χ2v) is 5.35. The summed E-state index contributed by atoms with van der Waals surface area (Å²) in [6, 6.07) is 13.4. The fourth-order valence-corrected chi connectivity index (χ4v) is 1.98. The van der Waals surface area contributed by atoms with Crippen molar-refractivity contribution >= 4 is 17.4 Å². The standard InChI is InChI=1S/C18H16N2O5/c1-19(2)12-16(25-18(22)14-6-4-3-5-7-14)17(21)13-8-10-15(11-9-13)20(23)24/h3-12H,1-2H3/b16-12-. The molecule has 2 aromatic carbocycles. The molecule has 0 saturated carbocycles. The molecule has 0 atom stereocenters. The molecule has 0 aliphatic heterocycles. The van der Waals surface area contributed by atoms with Crippen LogP contribution in [-0.2, 0) is 4.74 Å². The number of non-ortho nitro benzene ring substituents is 1. The van der Waals surface area contributed by atoms with Crippen molar-refractivity contribution in [3.8, 4) is 0 Å². The van der Waals surface area contributed by atoms with Gasteiger partial charge in [0.25, 0.3) is 5.69 Å². The molecule has 2 rings (SSSR count). The van der Waals surface area contributed by atoms with Gasteiger partial charge in [0.2, 0.25) is 5.78 Å². The molecule has 0 aliphatic rings. The van der Waals surface area contributed by atoms with Gasteiger partial charge in [-0.2, -0.15) is 0 Å². The summed E-state index contributed by atoms with van der Waals surface area (Å²) in [6.45, 7) is 0. The van der Waals surface area contributed by atoms with Crippen LogP contribution in [-0.4, -0.2) is 35.7 Å². The number of nitrogens with zero attached hydrogens (tertiary/aromatic N) is 2. The molecule has 7 heteroatoms. The molecule has 0 radical (unpaired) electrons. The van der Waals surface area contributed by atoms with Gasteiger partial charge in [0, 0.05) is 38.0 Å². The zero-order chi connectivity index (χ0) is 18.4. The highest BCUT2D eigenvalue weighted by Gasteiger charge is 2.20. The number of rotatable bonds is 6. The van der Waals surface area contributed by atoms with E-state index < -0.39 is 16.7 Å². The lowest BCUT2D eigenvalue weighted by atomic mass is 10.1. The molecule has 128 valence electrons. The van der Waals surface area contributed by atoms with E-state index in [1.807, 2.05) is 0 Å². The summed E-state index contributed by atoms with van der Waals surface area (Å²) < 4.78 is 5.24. The minimum atomic E-state index is -0.663. The molecule has 0 fully saturated rings. The van der Waals surface area contributed by atoms with Crippen LogP contribution < -0.4 is 0 Å². The third-order valence-corrected chi connectivity index (χ3v) is 3.15. The lowest BCUT2D eigenvalue weighted by Crippen LogP contribution is -2.16. The Hall–Kier alpha value is -3.48. The van der Waals surface area contributed by atoms with Gasteiger partial charge >= 0.3 is 5.97 Å². The Kier molecular flexibility index (Phi) is 5.62. The van der Waals surface area contributed by atoms with Crippen molar-refractivity contribution in [2.24, 2.45) is 0 Å². The topological polar surface area (TPSA) is 89.8 Å². The molecular formula is C18H16N2O5. The molecule has 2 aromatic rings. The van der Waals surface area contributed by atoms with E-state index in [4.69, 9.17) is 4.74 Å². The predicted octanol–water partition coefficient (Wildman–Crippen LogP) is 3.04. The first-order valence-corrected chi connectivity index (χ1v) is 7.33. The van der Waals surface area contributed by atoms with Gasteiger partial charge in [-0.3, -0.25) is 14.9 Å². The van der Waals surface area contributed by atoms with Crippen LogP contribution >= 0.6 is 0 Å². The summed E-state index contributed by atoms with van der Waals surface area (Å²) in [5.41, 5.74) is 0.360. The third kappa shape index (κ3) is 4.74. The van der Waals surface area contributed by atoms with E-state index >= 15 is 0 Å². The number of carbonyl (C=O) groups is 2. The van der Waals surface area contributed by atoms with Crippen molar-refractivity contribution in [1.82, 2.24) is 4.90 Å². The zero-order valence-electron chi connectivity index (χ0n) is 13.7. The number of benzene rings is 2. The molecule has 0 unspecified atom stereocenters. The van der Waals surface area contributed by atoms with Crippen LogP contribution in [0.4, 0.5) is 5.69 Å². The van der Waals surface area contributed by atoms with Crippen molar-refractivity contribution in [3.63, 3.8) is 0 Å². The molecule has 0 bridgehead atoms. The van der Waals surface area contributed by atoms with Crippen molar-refractivity contribution in [2.75, 3.05) is 14.1 Å². The summed E-state index contributed by atoms with van der Waals surface area (Å²) >= 11 is 0. The second kappa shape index (κ2) is 7.87. The van der Waals surface area contributed by atoms with Gasteiger partial charge in [-0.05, 0) is 24.3 Å². The lowest BCUT2D eigenvalue weighted by Gasteiger charge is -2.12. The van der Waals surface area contributed by atoms with E-state index in [-0.39, 0.29) is 17.0 Å². The van der Waals surface area contributed by atoms with Crippen LogP contribution in [0.5, 0.6) is 0 Å². The Balaban J connectivity index is 2.26. The Labute approximate surface area is 144 Å². The number of esters is 1. The average Bonchev–Trinajstić information content (AvgIpc) is 2.61. The minimum Gasteiger partial charge on any atom is -0.417 e. The maximum absolute atomic E-state index is 12.6. The number of Topliss-reactive ketones (excluding diaryl/α,β-unsaturated/α-hetero) is 1. The molecule has 0 spiro atoms. The maximum Gasteiger partial charge on any atom is 0.343 e. The van der Waals surface area contributed by atoms with E-state index in [1.165, 1.54) is 30.5 Å². The summed E-state index contributed by atoms with van der Waals surface area (Å²) in [7, 11) is 3.36. The Morgan fingerprint density at radius 2 is 1.60 bits per heavy atom. The summed E-state index contributed by atoms with van der Waals surface area (Å²) in [4.78, 5) is 36.5. The zero-order valence-corrected chi connectivity index (χ0v) is 13.7. The van der Waals surface area contributed by atoms with Crippen LogP contribution in [0.15, 0.2) is 66.6 Å². The maximum atomic E-state index is 12.6. The highest BCUT2D eigenvalue weighted by atomic mass is 16.6. The first kappa shape index (κ1) is 17.9. The van der Waals surface area contributed by atoms with Crippen molar-refractivity contribution in [1.29, 1.82) is 0 Å².